The average molecular weight is 345 g/mol. The molecule has 1 aliphatic rings. The van der Waals surface area contributed by atoms with Gasteiger partial charge in [-0.3, -0.25) is 4.79 Å². The van der Waals surface area contributed by atoms with Gasteiger partial charge in [0.05, 0.1) is 6.42 Å². The molecule has 1 aromatic heterocycles. The molecule has 0 unspecified atom stereocenters. The Hall–Kier alpha value is -2.57. The van der Waals surface area contributed by atoms with Gasteiger partial charge in [-0.2, -0.15) is 0 Å². The number of nitrogens with zero attached hydrogens (tertiary/aromatic N) is 3. The molecule has 0 atom stereocenters. The Bertz CT molecular complexity index is 770. The largest absolute Gasteiger partial charge is 0.444 e. The van der Waals surface area contributed by atoms with Gasteiger partial charge in [-0.15, -0.1) is 0 Å². The highest BCUT2D eigenvalue weighted by Gasteiger charge is 2.28. The maximum Gasteiger partial charge on any atom is 0.410 e. The minimum atomic E-state index is -0.516. The molecule has 1 aromatic carbocycles. The smallest absolute Gasteiger partial charge is 0.410 e. The summed E-state index contributed by atoms with van der Waals surface area (Å²) in [4.78, 5) is 28.0. The number of amides is 2. The van der Waals surface area contributed by atoms with Crippen molar-refractivity contribution in [3.63, 3.8) is 0 Å². The van der Waals surface area contributed by atoms with Crippen LogP contribution in [0.5, 0.6) is 0 Å². The first-order chi connectivity index (χ1) is 11.8. The van der Waals surface area contributed by atoms with Crippen LogP contribution in [-0.2, 0) is 16.0 Å². The van der Waals surface area contributed by atoms with Crippen molar-refractivity contribution in [1.29, 1.82) is 0 Å². The topological polar surface area (TPSA) is 75.9 Å². The van der Waals surface area contributed by atoms with Gasteiger partial charge < -0.3 is 19.1 Å². The Morgan fingerprint density at radius 1 is 1.12 bits per heavy atom. The number of carbonyl (C=O) groups is 2. The van der Waals surface area contributed by atoms with E-state index in [9.17, 15) is 9.59 Å². The third-order valence-corrected chi connectivity index (χ3v) is 4.05. The summed E-state index contributed by atoms with van der Waals surface area (Å²) in [5.41, 5.74) is 0.813. The van der Waals surface area contributed by atoms with Crippen molar-refractivity contribution < 1.29 is 18.8 Å². The van der Waals surface area contributed by atoms with Crippen molar-refractivity contribution in [3.8, 4) is 0 Å². The van der Waals surface area contributed by atoms with Gasteiger partial charge >= 0.3 is 6.09 Å². The molecule has 2 amide bonds. The van der Waals surface area contributed by atoms with Crippen LogP contribution in [0.25, 0.3) is 11.0 Å². The van der Waals surface area contributed by atoms with Crippen LogP contribution >= 0.6 is 0 Å². The van der Waals surface area contributed by atoms with E-state index >= 15 is 0 Å². The summed E-state index contributed by atoms with van der Waals surface area (Å²) in [6.45, 7) is 7.45. The predicted molar refractivity (Wildman–Crippen MR) is 92.1 cm³/mol. The number of aromatic nitrogens is 1. The highest BCUT2D eigenvalue weighted by molar-refractivity contribution is 5.86. The lowest BCUT2D eigenvalue weighted by Gasteiger charge is -2.35. The van der Waals surface area contributed by atoms with Crippen LogP contribution in [0.15, 0.2) is 28.8 Å². The van der Waals surface area contributed by atoms with Crippen molar-refractivity contribution in [2.75, 3.05) is 26.2 Å². The molecule has 1 fully saturated rings. The Kier molecular flexibility index (Phi) is 4.65. The fraction of sp³-hybridized carbons (Fsp3) is 0.500. The van der Waals surface area contributed by atoms with Crippen molar-refractivity contribution in [2.24, 2.45) is 0 Å². The van der Waals surface area contributed by atoms with E-state index in [2.05, 4.69) is 5.16 Å². The molecular formula is C18H23N3O4. The van der Waals surface area contributed by atoms with Crippen LogP contribution in [0, 0.1) is 0 Å². The molecule has 134 valence electrons. The van der Waals surface area contributed by atoms with Gasteiger partial charge in [-0.05, 0) is 32.9 Å². The van der Waals surface area contributed by atoms with Crippen molar-refractivity contribution in [1.82, 2.24) is 15.0 Å². The molecule has 3 rings (SSSR count). The second kappa shape index (κ2) is 6.74. The second-order valence-corrected chi connectivity index (χ2v) is 7.15. The number of piperazine rings is 1. The zero-order chi connectivity index (χ0) is 18.0. The van der Waals surface area contributed by atoms with E-state index in [1.165, 1.54) is 0 Å². The van der Waals surface area contributed by atoms with Crippen LogP contribution in [0.3, 0.4) is 0 Å². The maximum absolute atomic E-state index is 12.5. The zero-order valence-electron chi connectivity index (χ0n) is 14.8. The molecule has 0 radical (unpaired) electrons. The van der Waals surface area contributed by atoms with E-state index in [1.54, 1.807) is 9.80 Å². The Morgan fingerprint density at radius 3 is 2.44 bits per heavy atom. The summed E-state index contributed by atoms with van der Waals surface area (Å²) < 4.78 is 10.6. The van der Waals surface area contributed by atoms with E-state index in [1.807, 2.05) is 45.0 Å². The Morgan fingerprint density at radius 2 is 1.76 bits per heavy atom. The minimum Gasteiger partial charge on any atom is -0.444 e. The first kappa shape index (κ1) is 17.3. The molecule has 2 heterocycles. The first-order valence-electron chi connectivity index (χ1n) is 8.42. The van der Waals surface area contributed by atoms with Gasteiger partial charge in [0.1, 0.15) is 11.3 Å². The lowest BCUT2D eigenvalue weighted by molar-refractivity contribution is -0.132. The van der Waals surface area contributed by atoms with Gasteiger partial charge in [0.15, 0.2) is 5.58 Å². The summed E-state index contributed by atoms with van der Waals surface area (Å²) in [7, 11) is 0. The van der Waals surface area contributed by atoms with E-state index < -0.39 is 5.60 Å². The highest BCUT2D eigenvalue weighted by atomic mass is 16.6. The Balaban J connectivity index is 1.56. The maximum atomic E-state index is 12.5. The predicted octanol–water partition coefficient (Wildman–Crippen LogP) is 2.45. The molecule has 0 saturated carbocycles. The lowest BCUT2D eigenvalue weighted by atomic mass is 10.1. The summed E-state index contributed by atoms with van der Waals surface area (Å²) in [6.07, 6.45) is -0.134. The SMILES string of the molecule is CC(C)(C)OC(=O)N1CCN(C(=O)Cc2noc3ccccc23)CC1. The van der Waals surface area contributed by atoms with Gasteiger partial charge in [0.2, 0.25) is 5.91 Å². The number of carbonyl (C=O) groups excluding carboxylic acids is 2. The van der Waals surface area contributed by atoms with Crippen LogP contribution in [0.4, 0.5) is 4.79 Å². The third-order valence-electron chi connectivity index (χ3n) is 4.05. The van der Waals surface area contributed by atoms with E-state index in [0.29, 0.717) is 37.5 Å². The zero-order valence-corrected chi connectivity index (χ0v) is 14.8. The summed E-state index contributed by atoms with van der Waals surface area (Å²) >= 11 is 0. The fourth-order valence-electron chi connectivity index (χ4n) is 2.79. The number of fused-ring (bicyclic) bond motifs is 1. The quantitative estimate of drug-likeness (QED) is 0.836. The fourth-order valence-corrected chi connectivity index (χ4v) is 2.79. The highest BCUT2D eigenvalue weighted by Crippen LogP contribution is 2.19. The van der Waals surface area contributed by atoms with E-state index in [0.717, 1.165) is 5.39 Å². The second-order valence-electron chi connectivity index (χ2n) is 7.15. The number of hydrogen-bond acceptors (Lipinski definition) is 5. The summed E-state index contributed by atoms with van der Waals surface area (Å²) in [5, 5.41) is 4.87. The van der Waals surface area contributed by atoms with Gasteiger partial charge in [0, 0.05) is 31.6 Å². The molecule has 0 aliphatic carbocycles. The van der Waals surface area contributed by atoms with Crippen LogP contribution in [0.1, 0.15) is 26.5 Å². The lowest BCUT2D eigenvalue weighted by Crippen LogP contribution is -2.52. The normalized spacial score (nSPS) is 15.5. The number of benzene rings is 1. The minimum absolute atomic E-state index is 0.0112. The van der Waals surface area contributed by atoms with Crippen molar-refractivity contribution in [3.05, 3.63) is 30.0 Å². The van der Waals surface area contributed by atoms with E-state index in [4.69, 9.17) is 9.26 Å². The summed E-state index contributed by atoms with van der Waals surface area (Å²) in [6, 6.07) is 7.49. The molecule has 1 aliphatic heterocycles. The number of rotatable bonds is 2. The van der Waals surface area contributed by atoms with Crippen LogP contribution in [0.2, 0.25) is 0 Å². The summed E-state index contributed by atoms with van der Waals surface area (Å²) in [5.74, 6) is -0.0112. The monoisotopic (exact) mass is 345 g/mol. The molecular weight excluding hydrogens is 322 g/mol. The van der Waals surface area contributed by atoms with Gasteiger partial charge in [-0.1, -0.05) is 17.3 Å². The molecule has 0 bridgehead atoms. The van der Waals surface area contributed by atoms with Crippen LogP contribution < -0.4 is 0 Å². The van der Waals surface area contributed by atoms with Crippen molar-refractivity contribution in [2.45, 2.75) is 32.8 Å². The van der Waals surface area contributed by atoms with Crippen molar-refractivity contribution >= 4 is 23.0 Å². The van der Waals surface area contributed by atoms with E-state index in [-0.39, 0.29) is 18.4 Å². The van der Waals surface area contributed by atoms with Gasteiger partial charge in [-0.25, -0.2) is 4.79 Å². The molecule has 0 N–H and O–H groups in total. The number of para-hydroxylation sites is 1. The molecule has 2 aromatic rings. The molecule has 7 heteroatoms. The average Bonchev–Trinajstić information content (AvgIpc) is 2.96. The standard InChI is InChI=1S/C18H23N3O4/c1-18(2,3)24-17(23)21-10-8-20(9-11-21)16(22)12-14-13-6-4-5-7-15(13)25-19-14/h4-7H,8-12H2,1-3H3. The first-order valence-corrected chi connectivity index (χ1v) is 8.42. The molecule has 1 saturated heterocycles. The Labute approximate surface area is 146 Å². The molecule has 7 nitrogen and oxygen atoms in total. The molecule has 0 spiro atoms. The number of hydrogen-bond donors (Lipinski definition) is 0. The third kappa shape index (κ3) is 4.10. The van der Waals surface area contributed by atoms with Crippen LogP contribution in [-0.4, -0.2) is 58.7 Å². The van der Waals surface area contributed by atoms with Gasteiger partial charge in [0.25, 0.3) is 0 Å². The number of ether oxygens (including phenoxy) is 1. The molecule has 25 heavy (non-hydrogen) atoms.